The lowest BCUT2D eigenvalue weighted by Crippen LogP contribution is -2.26. The van der Waals surface area contributed by atoms with Crippen molar-refractivity contribution in [2.24, 2.45) is 0 Å². The SMILES string of the molecule is CNCCCCS(=O)(=O)NCc1ccccc1C. The van der Waals surface area contributed by atoms with Gasteiger partial charge in [-0.2, -0.15) is 0 Å². The molecule has 18 heavy (non-hydrogen) atoms. The van der Waals surface area contributed by atoms with Crippen molar-refractivity contribution in [1.29, 1.82) is 0 Å². The highest BCUT2D eigenvalue weighted by Crippen LogP contribution is 2.07. The van der Waals surface area contributed by atoms with Gasteiger partial charge in [-0.15, -0.1) is 0 Å². The summed E-state index contributed by atoms with van der Waals surface area (Å²) in [4.78, 5) is 0. The number of sulfonamides is 1. The Morgan fingerprint density at radius 3 is 2.56 bits per heavy atom. The molecule has 4 nitrogen and oxygen atoms in total. The molecule has 0 radical (unpaired) electrons. The van der Waals surface area contributed by atoms with Crippen LogP contribution < -0.4 is 10.0 Å². The molecule has 1 rings (SSSR count). The Kier molecular flexibility index (Phi) is 6.32. The van der Waals surface area contributed by atoms with E-state index in [1.54, 1.807) is 0 Å². The first-order chi connectivity index (χ1) is 8.55. The van der Waals surface area contributed by atoms with E-state index in [1.165, 1.54) is 0 Å². The molecular formula is C13H22N2O2S. The van der Waals surface area contributed by atoms with E-state index in [4.69, 9.17) is 0 Å². The maximum absolute atomic E-state index is 11.7. The van der Waals surface area contributed by atoms with Crippen molar-refractivity contribution in [2.75, 3.05) is 19.3 Å². The van der Waals surface area contributed by atoms with Crippen LogP contribution in [0, 0.1) is 6.92 Å². The quantitative estimate of drug-likeness (QED) is 0.702. The fourth-order valence-electron chi connectivity index (χ4n) is 1.66. The summed E-state index contributed by atoms with van der Waals surface area (Å²) < 4.78 is 26.1. The third kappa shape index (κ3) is 5.62. The molecule has 2 N–H and O–H groups in total. The molecule has 0 aliphatic heterocycles. The summed E-state index contributed by atoms with van der Waals surface area (Å²) in [6.07, 6.45) is 1.56. The highest BCUT2D eigenvalue weighted by molar-refractivity contribution is 7.89. The van der Waals surface area contributed by atoms with Crippen LogP contribution in [0.15, 0.2) is 24.3 Å². The molecule has 0 unspecified atom stereocenters. The molecule has 0 aliphatic carbocycles. The molecule has 0 saturated heterocycles. The van der Waals surface area contributed by atoms with Crippen molar-refractivity contribution in [3.05, 3.63) is 35.4 Å². The van der Waals surface area contributed by atoms with Crippen LogP contribution in [-0.4, -0.2) is 27.8 Å². The lowest BCUT2D eigenvalue weighted by molar-refractivity contribution is 0.575. The van der Waals surface area contributed by atoms with Crippen LogP contribution in [0.4, 0.5) is 0 Å². The van der Waals surface area contributed by atoms with E-state index < -0.39 is 10.0 Å². The van der Waals surface area contributed by atoms with Gasteiger partial charge in [0.2, 0.25) is 10.0 Å². The average Bonchev–Trinajstić information content (AvgIpc) is 2.34. The monoisotopic (exact) mass is 270 g/mol. The molecule has 0 fully saturated rings. The first-order valence-electron chi connectivity index (χ1n) is 6.21. The van der Waals surface area contributed by atoms with Crippen LogP contribution in [-0.2, 0) is 16.6 Å². The average molecular weight is 270 g/mol. The molecule has 1 aromatic carbocycles. The fourth-order valence-corrected chi connectivity index (χ4v) is 2.77. The van der Waals surface area contributed by atoms with Crippen molar-refractivity contribution in [2.45, 2.75) is 26.3 Å². The van der Waals surface area contributed by atoms with Crippen molar-refractivity contribution in [3.63, 3.8) is 0 Å². The van der Waals surface area contributed by atoms with Gasteiger partial charge in [0.1, 0.15) is 0 Å². The van der Waals surface area contributed by atoms with E-state index in [-0.39, 0.29) is 5.75 Å². The zero-order valence-corrected chi connectivity index (χ0v) is 11.9. The summed E-state index contributed by atoms with van der Waals surface area (Å²) in [6.45, 7) is 3.21. The molecule has 0 atom stereocenters. The zero-order valence-electron chi connectivity index (χ0n) is 11.1. The molecule has 0 aromatic heterocycles. The van der Waals surface area contributed by atoms with E-state index in [0.29, 0.717) is 13.0 Å². The summed E-state index contributed by atoms with van der Waals surface area (Å²) in [5.41, 5.74) is 2.13. The zero-order chi connectivity index (χ0) is 13.4. The standard InChI is InChI=1S/C13H22N2O2S/c1-12-7-3-4-8-13(12)11-15-18(16,17)10-6-5-9-14-2/h3-4,7-8,14-15H,5-6,9-11H2,1-2H3. The van der Waals surface area contributed by atoms with Gasteiger partial charge in [-0.3, -0.25) is 0 Å². The molecule has 0 amide bonds. The second-order valence-electron chi connectivity index (χ2n) is 4.38. The molecule has 0 aliphatic rings. The maximum Gasteiger partial charge on any atom is 0.211 e. The van der Waals surface area contributed by atoms with Crippen LogP contribution in [0.2, 0.25) is 0 Å². The number of hydrogen-bond acceptors (Lipinski definition) is 3. The van der Waals surface area contributed by atoms with Crippen LogP contribution in [0.25, 0.3) is 0 Å². The van der Waals surface area contributed by atoms with Gasteiger partial charge in [0.15, 0.2) is 0 Å². The third-order valence-electron chi connectivity index (χ3n) is 2.83. The van der Waals surface area contributed by atoms with E-state index in [1.807, 2.05) is 38.2 Å². The first-order valence-corrected chi connectivity index (χ1v) is 7.87. The minimum absolute atomic E-state index is 0.195. The van der Waals surface area contributed by atoms with E-state index in [9.17, 15) is 8.42 Å². The van der Waals surface area contributed by atoms with Crippen molar-refractivity contribution < 1.29 is 8.42 Å². The van der Waals surface area contributed by atoms with Gasteiger partial charge >= 0.3 is 0 Å². The van der Waals surface area contributed by atoms with Crippen molar-refractivity contribution >= 4 is 10.0 Å². The number of hydrogen-bond donors (Lipinski definition) is 2. The Labute approximate surface area is 110 Å². The van der Waals surface area contributed by atoms with E-state index >= 15 is 0 Å². The maximum atomic E-state index is 11.7. The minimum atomic E-state index is -3.15. The Bertz CT molecular complexity index is 458. The van der Waals surface area contributed by atoms with Gasteiger partial charge in [-0.1, -0.05) is 24.3 Å². The third-order valence-corrected chi connectivity index (χ3v) is 4.24. The molecule has 0 heterocycles. The second kappa shape index (κ2) is 7.51. The summed E-state index contributed by atoms with van der Waals surface area (Å²) in [6, 6.07) is 7.80. The molecule has 102 valence electrons. The number of benzene rings is 1. The summed E-state index contributed by atoms with van der Waals surface area (Å²) >= 11 is 0. The summed E-state index contributed by atoms with van der Waals surface area (Å²) in [5.74, 6) is 0.195. The molecule has 0 spiro atoms. The molecule has 0 bridgehead atoms. The van der Waals surface area contributed by atoms with Gasteiger partial charge in [-0.25, -0.2) is 13.1 Å². The van der Waals surface area contributed by atoms with Gasteiger partial charge in [-0.05, 0) is 44.5 Å². The van der Waals surface area contributed by atoms with Crippen LogP contribution in [0.1, 0.15) is 24.0 Å². The number of nitrogens with one attached hydrogen (secondary N) is 2. The summed E-state index contributed by atoms with van der Waals surface area (Å²) in [5, 5.41) is 3.00. The van der Waals surface area contributed by atoms with Crippen molar-refractivity contribution in [3.8, 4) is 0 Å². The minimum Gasteiger partial charge on any atom is -0.320 e. The fraction of sp³-hybridized carbons (Fsp3) is 0.538. The Morgan fingerprint density at radius 1 is 1.17 bits per heavy atom. The highest BCUT2D eigenvalue weighted by atomic mass is 32.2. The van der Waals surface area contributed by atoms with E-state index in [2.05, 4.69) is 10.0 Å². The Morgan fingerprint density at radius 2 is 1.89 bits per heavy atom. The van der Waals surface area contributed by atoms with Gasteiger partial charge in [0.05, 0.1) is 5.75 Å². The van der Waals surface area contributed by atoms with E-state index in [0.717, 1.165) is 24.1 Å². The number of aryl methyl sites for hydroxylation is 1. The summed E-state index contributed by atoms with van der Waals surface area (Å²) in [7, 11) is -1.29. The van der Waals surface area contributed by atoms with Crippen LogP contribution >= 0.6 is 0 Å². The lowest BCUT2D eigenvalue weighted by atomic mass is 10.1. The predicted octanol–water partition coefficient (Wildman–Crippen LogP) is 1.41. The van der Waals surface area contributed by atoms with Crippen LogP contribution in [0.3, 0.4) is 0 Å². The van der Waals surface area contributed by atoms with Gasteiger partial charge in [0.25, 0.3) is 0 Å². The Balaban J connectivity index is 2.40. The molecule has 1 aromatic rings. The second-order valence-corrected chi connectivity index (χ2v) is 6.30. The lowest BCUT2D eigenvalue weighted by Gasteiger charge is -2.08. The van der Waals surface area contributed by atoms with Gasteiger partial charge < -0.3 is 5.32 Å². The predicted molar refractivity (Wildman–Crippen MR) is 75.0 cm³/mol. The first kappa shape index (κ1) is 15.1. The van der Waals surface area contributed by atoms with Gasteiger partial charge in [0, 0.05) is 6.54 Å². The molecule has 5 heteroatoms. The normalized spacial score (nSPS) is 11.7. The topological polar surface area (TPSA) is 58.2 Å². The Hall–Kier alpha value is -0.910. The van der Waals surface area contributed by atoms with Crippen LogP contribution in [0.5, 0.6) is 0 Å². The molecule has 0 saturated carbocycles. The smallest absolute Gasteiger partial charge is 0.211 e. The highest BCUT2D eigenvalue weighted by Gasteiger charge is 2.09. The number of unbranched alkanes of at least 4 members (excludes halogenated alkanes) is 1. The number of rotatable bonds is 8. The van der Waals surface area contributed by atoms with Crippen molar-refractivity contribution in [1.82, 2.24) is 10.0 Å². The largest absolute Gasteiger partial charge is 0.320 e. The molecular weight excluding hydrogens is 248 g/mol.